The minimum absolute atomic E-state index is 0.0626. The van der Waals surface area contributed by atoms with Crippen molar-refractivity contribution in [3.8, 4) is 0 Å². The standard InChI is InChI=1S/C15H15BrN2O3/c16-14-4-3-13(21-14)15(19)18-7-5-12(9-18)20-10-11-2-1-6-17-8-11/h1-4,6,8,12H,5,7,9-10H2. The molecule has 21 heavy (non-hydrogen) atoms. The Hall–Kier alpha value is -1.66. The Kier molecular flexibility index (Phi) is 4.36. The summed E-state index contributed by atoms with van der Waals surface area (Å²) in [7, 11) is 0. The van der Waals surface area contributed by atoms with Gasteiger partial charge in [0, 0.05) is 25.5 Å². The van der Waals surface area contributed by atoms with Crippen molar-refractivity contribution < 1.29 is 13.9 Å². The summed E-state index contributed by atoms with van der Waals surface area (Å²) in [6.07, 6.45) is 4.43. The highest BCUT2D eigenvalue weighted by atomic mass is 79.9. The Morgan fingerprint density at radius 1 is 1.48 bits per heavy atom. The molecule has 3 rings (SSSR count). The van der Waals surface area contributed by atoms with E-state index in [0.717, 1.165) is 12.0 Å². The number of pyridine rings is 1. The van der Waals surface area contributed by atoms with Gasteiger partial charge in [0.25, 0.3) is 5.91 Å². The Bertz CT molecular complexity index is 614. The van der Waals surface area contributed by atoms with E-state index < -0.39 is 0 Å². The van der Waals surface area contributed by atoms with Crippen molar-refractivity contribution in [2.24, 2.45) is 0 Å². The minimum atomic E-state index is -0.0897. The summed E-state index contributed by atoms with van der Waals surface area (Å²) < 4.78 is 11.7. The van der Waals surface area contributed by atoms with Crippen LogP contribution in [-0.2, 0) is 11.3 Å². The lowest BCUT2D eigenvalue weighted by molar-refractivity contribution is 0.0429. The molecule has 1 saturated heterocycles. The molecular formula is C15H15BrN2O3. The Labute approximate surface area is 131 Å². The molecule has 0 aromatic carbocycles. The first-order chi connectivity index (χ1) is 10.2. The van der Waals surface area contributed by atoms with Gasteiger partial charge in [-0.2, -0.15) is 0 Å². The normalized spacial score (nSPS) is 18.1. The number of carbonyl (C=O) groups is 1. The summed E-state index contributed by atoms with van der Waals surface area (Å²) in [5, 5.41) is 0. The van der Waals surface area contributed by atoms with Crippen molar-refractivity contribution in [1.29, 1.82) is 0 Å². The number of likely N-dealkylation sites (tertiary alicyclic amines) is 1. The number of ether oxygens (including phenoxy) is 1. The second-order valence-electron chi connectivity index (χ2n) is 4.94. The van der Waals surface area contributed by atoms with E-state index >= 15 is 0 Å². The van der Waals surface area contributed by atoms with Crippen LogP contribution in [0.25, 0.3) is 0 Å². The second kappa shape index (κ2) is 6.41. The maximum absolute atomic E-state index is 12.2. The van der Waals surface area contributed by atoms with Crippen LogP contribution in [0, 0.1) is 0 Å². The SMILES string of the molecule is O=C(c1ccc(Br)o1)N1CCC(OCc2cccnc2)C1. The monoisotopic (exact) mass is 350 g/mol. The zero-order valence-corrected chi connectivity index (χ0v) is 13.0. The van der Waals surface area contributed by atoms with E-state index in [1.165, 1.54) is 0 Å². The van der Waals surface area contributed by atoms with Crippen molar-refractivity contribution in [1.82, 2.24) is 9.88 Å². The molecule has 2 aromatic heterocycles. The summed E-state index contributed by atoms with van der Waals surface area (Å²) in [6, 6.07) is 7.26. The van der Waals surface area contributed by atoms with Crippen LogP contribution in [0.2, 0.25) is 0 Å². The van der Waals surface area contributed by atoms with Crippen LogP contribution >= 0.6 is 15.9 Å². The first kappa shape index (κ1) is 14.3. The molecule has 0 N–H and O–H groups in total. The molecule has 1 aliphatic heterocycles. The molecular weight excluding hydrogens is 336 g/mol. The van der Waals surface area contributed by atoms with Crippen LogP contribution in [0.15, 0.2) is 45.7 Å². The van der Waals surface area contributed by atoms with Gasteiger partial charge in [0.2, 0.25) is 0 Å². The average Bonchev–Trinajstić information content (AvgIpc) is 3.14. The maximum Gasteiger partial charge on any atom is 0.289 e. The smallest absolute Gasteiger partial charge is 0.289 e. The van der Waals surface area contributed by atoms with Gasteiger partial charge >= 0.3 is 0 Å². The van der Waals surface area contributed by atoms with E-state index in [2.05, 4.69) is 20.9 Å². The lowest BCUT2D eigenvalue weighted by atomic mass is 10.3. The molecule has 0 aliphatic carbocycles. The van der Waals surface area contributed by atoms with Gasteiger partial charge in [0.05, 0.1) is 12.7 Å². The Morgan fingerprint density at radius 2 is 2.38 bits per heavy atom. The molecule has 1 amide bonds. The molecule has 1 unspecified atom stereocenters. The van der Waals surface area contributed by atoms with Crippen molar-refractivity contribution >= 4 is 21.8 Å². The van der Waals surface area contributed by atoms with E-state index in [4.69, 9.17) is 9.15 Å². The number of amides is 1. The van der Waals surface area contributed by atoms with Gasteiger partial charge in [-0.3, -0.25) is 9.78 Å². The zero-order chi connectivity index (χ0) is 14.7. The fourth-order valence-corrected chi connectivity index (χ4v) is 2.64. The fraction of sp³-hybridized carbons (Fsp3) is 0.333. The van der Waals surface area contributed by atoms with Crippen LogP contribution in [0.4, 0.5) is 0 Å². The van der Waals surface area contributed by atoms with Crippen molar-refractivity contribution in [3.05, 3.63) is 52.7 Å². The first-order valence-electron chi connectivity index (χ1n) is 6.77. The van der Waals surface area contributed by atoms with E-state index in [0.29, 0.717) is 30.1 Å². The molecule has 5 nitrogen and oxygen atoms in total. The molecule has 110 valence electrons. The summed E-state index contributed by atoms with van der Waals surface area (Å²) in [4.78, 5) is 18.0. The minimum Gasteiger partial charge on any atom is -0.444 e. The molecule has 0 bridgehead atoms. The number of hydrogen-bond acceptors (Lipinski definition) is 4. The average molecular weight is 351 g/mol. The predicted molar refractivity (Wildman–Crippen MR) is 79.7 cm³/mol. The van der Waals surface area contributed by atoms with Crippen LogP contribution in [0.3, 0.4) is 0 Å². The van der Waals surface area contributed by atoms with Gasteiger partial charge in [-0.05, 0) is 46.1 Å². The Morgan fingerprint density at radius 3 is 3.10 bits per heavy atom. The van der Waals surface area contributed by atoms with E-state index in [1.54, 1.807) is 29.4 Å². The molecule has 3 heterocycles. The number of carbonyl (C=O) groups excluding carboxylic acids is 1. The van der Waals surface area contributed by atoms with E-state index in [-0.39, 0.29) is 12.0 Å². The fourth-order valence-electron chi connectivity index (χ4n) is 2.33. The zero-order valence-electron chi connectivity index (χ0n) is 11.4. The maximum atomic E-state index is 12.2. The molecule has 1 fully saturated rings. The van der Waals surface area contributed by atoms with Crippen LogP contribution in [0.1, 0.15) is 22.5 Å². The lowest BCUT2D eigenvalue weighted by Gasteiger charge is -2.15. The van der Waals surface area contributed by atoms with E-state index in [9.17, 15) is 4.79 Å². The molecule has 0 saturated carbocycles. The number of furan rings is 1. The number of hydrogen-bond donors (Lipinski definition) is 0. The summed E-state index contributed by atoms with van der Waals surface area (Å²) in [5.74, 6) is 0.267. The topological polar surface area (TPSA) is 55.6 Å². The van der Waals surface area contributed by atoms with Crippen LogP contribution in [0.5, 0.6) is 0 Å². The first-order valence-corrected chi connectivity index (χ1v) is 7.57. The molecule has 1 aliphatic rings. The van der Waals surface area contributed by atoms with Crippen molar-refractivity contribution in [2.45, 2.75) is 19.1 Å². The summed E-state index contributed by atoms with van der Waals surface area (Å²) in [5.41, 5.74) is 1.04. The number of aromatic nitrogens is 1. The number of halogens is 1. The number of rotatable bonds is 4. The quantitative estimate of drug-likeness (QED) is 0.850. The molecule has 2 aromatic rings. The van der Waals surface area contributed by atoms with Gasteiger partial charge in [-0.15, -0.1) is 0 Å². The summed E-state index contributed by atoms with van der Waals surface area (Å²) >= 11 is 3.20. The van der Waals surface area contributed by atoms with E-state index in [1.807, 2.05) is 12.1 Å². The largest absolute Gasteiger partial charge is 0.444 e. The molecule has 6 heteroatoms. The van der Waals surface area contributed by atoms with Crippen LogP contribution < -0.4 is 0 Å². The van der Waals surface area contributed by atoms with Gasteiger partial charge < -0.3 is 14.1 Å². The molecule has 0 spiro atoms. The third-order valence-corrected chi connectivity index (χ3v) is 3.85. The van der Waals surface area contributed by atoms with Gasteiger partial charge in [0.1, 0.15) is 0 Å². The molecule has 1 atom stereocenters. The second-order valence-corrected chi connectivity index (χ2v) is 5.72. The number of nitrogens with zero attached hydrogens (tertiary/aromatic N) is 2. The van der Waals surface area contributed by atoms with Gasteiger partial charge in [-0.25, -0.2) is 0 Å². The van der Waals surface area contributed by atoms with Crippen molar-refractivity contribution in [2.75, 3.05) is 13.1 Å². The third kappa shape index (κ3) is 3.51. The third-order valence-electron chi connectivity index (χ3n) is 3.42. The van der Waals surface area contributed by atoms with Gasteiger partial charge in [-0.1, -0.05) is 6.07 Å². The Balaban J connectivity index is 1.52. The highest BCUT2D eigenvalue weighted by molar-refractivity contribution is 9.10. The highest BCUT2D eigenvalue weighted by Gasteiger charge is 2.29. The van der Waals surface area contributed by atoms with Gasteiger partial charge in [0.15, 0.2) is 10.4 Å². The predicted octanol–water partition coefficient (Wildman–Crippen LogP) is 2.87. The van der Waals surface area contributed by atoms with Crippen LogP contribution in [-0.4, -0.2) is 35.0 Å². The molecule has 0 radical (unpaired) electrons. The van der Waals surface area contributed by atoms with Crippen molar-refractivity contribution in [3.63, 3.8) is 0 Å². The lowest BCUT2D eigenvalue weighted by Crippen LogP contribution is -2.29. The summed E-state index contributed by atoms with van der Waals surface area (Å²) in [6.45, 7) is 1.80. The highest BCUT2D eigenvalue weighted by Crippen LogP contribution is 2.20.